The van der Waals surface area contributed by atoms with Crippen molar-refractivity contribution >= 4 is 15.9 Å². The van der Waals surface area contributed by atoms with E-state index in [1.807, 2.05) is 0 Å². The topological polar surface area (TPSA) is 9.23 Å². The van der Waals surface area contributed by atoms with E-state index in [1.54, 1.807) is 24.3 Å². The van der Waals surface area contributed by atoms with E-state index in [-0.39, 0.29) is 0 Å². The highest BCUT2D eigenvalue weighted by Gasteiger charge is 2.02. The molecule has 4 heteroatoms. The molecule has 1 aromatic carbocycles. The van der Waals surface area contributed by atoms with Gasteiger partial charge in [0.15, 0.2) is 0 Å². The number of ether oxygens (including phenoxy) is 1. The van der Waals surface area contributed by atoms with Crippen LogP contribution in [-0.2, 0) is 0 Å². The van der Waals surface area contributed by atoms with Gasteiger partial charge < -0.3 is 4.74 Å². The number of benzene rings is 1. The van der Waals surface area contributed by atoms with E-state index in [9.17, 15) is 8.78 Å². The smallest absolute Gasteiger partial charge is 0.272 e. The van der Waals surface area contributed by atoms with Crippen molar-refractivity contribution in [3.05, 3.63) is 28.7 Å². The zero-order valence-corrected chi connectivity index (χ0v) is 7.72. The summed E-state index contributed by atoms with van der Waals surface area (Å²) in [6, 6.07) is 6.80. The molecule has 0 radical (unpaired) electrons. The van der Waals surface area contributed by atoms with E-state index in [2.05, 4.69) is 15.9 Å². The second kappa shape index (κ2) is 4.40. The molecule has 0 N–H and O–H groups in total. The molecule has 1 nitrogen and oxygen atoms in total. The van der Waals surface area contributed by atoms with Crippen molar-refractivity contribution in [3.8, 4) is 5.75 Å². The van der Waals surface area contributed by atoms with Crippen molar-refractivity contribution in [2.24, 2.45) is 0 Å². The summed E-state index contributed by atoms with van der Waals surface area (Å²) in [6.45, 7) is -0.559. The minimum atomic E-state index is -2.43. The second-order valence-corrected chi connectivity index (χ2v) is 3.08. The Kier molecular flexibility index (Phi) is 3.47. The molecular formula is C8H7BrF2O. The van der Waals surface area contributed by atoms with Crippen LogP contribution in [-0.4, -0.2) is 13.0 Å². The minimum absolute atomic E-state index is 0.449. The third-order valence-corrected chi connectivity index (χ3v) is 1.67. The van der Waals surface area contributed by atoms with Gasteiger partial charge in [-0.3, -0.25) is 0 Å². The predicted octanol–water partition coefficient (Wildman–Crippen LogP) is 3.09. The number of alkyl halides is 2. The Morgan fingerprint density at radius 3 is 2.75 bits per heavy atom. The lowest BCUT2D eigenvalue weighted by Gasteiger charge is -2.04. The van der Waals surface area contributed by atoms with Gasteiger partial charge in [0, 0.05) is 4.47 Å². The highest BCUT2D eigenvalue weighted by Crippen LogP contribution is 2.17. The summed E-state index contributed by atoms with van der Waals surface area (Å²) in [5.41, 5.74) is 0. The van der Waals surface area contributed by atoms with Crippen LogP contribution in [0.4, 0.5) is 8.78 Å². The maximum Gasteiger partial charge on any atom is 0.272 e. The maximum absolute atomic E-state index is 11.7. The first-order valence-electron chi connectivity index (χ1n) is 3.35. The third-order valence-electron chi connectivity index (χ3n) is 1.17. The summed E-state index contributed by atoms with van der Waals surface area (Å²) in [6.07, 6.45) is -2.43. The van der Waals surface area contributed by atoms with E-state index < -0.39 is 13.0 Å². The molecule has 0 atom stereocenters. The molecule has 1 aromatic rings. The summed E-state index contributed by atoms with van der Waals surface area (Å²) in [7, 11) is 0. The van der Waals surface area contributed by atoms with E-state index in [4.69, 9.17) is 4.74 Å². The largest absolute Gasteiger partial charge is 0.488 e. The van der Waals surface area contributed by atoms with Crippen LogP contribution >= 0.6 is 15.9 Å². The molecule has 0 saturated carbocycles. The molecule has 0 spiro atoms. The molecule has 0 fully saturated rings. The van der Waals surface area contributed by atoms with E-state index in [1.165, 1.54) is 0 Å². The Hall–Kier alpha value is -0.640. The number of halogens is 3. The number of hydrogen-bond donors (Lipinski definition) is 0. The molecule has 0 aliphatic carbocycles. The van der Waals surface area contributed by atoms with Gasteiger partial charge in [0.1, 0.15) is 12.4 Å². The SMILES string of the molecule is FC(F)COc1cccc(Br)c1. The van der Waals surface area contributed by atoms with Crippen LogP contribution in [0, 0.1) is 0 Å². The Bertz CT molecular complexity index is 253. The Morgan fingerprint density at radius 2 is 2.17 bits per heavy atom. The molecule has 0 unspecified atom stereocenters. The first-order chi connectivity index (χ1) is 5.68. The summed E-state index contributed by atoms with van der Waals surface area (Å²) < 4.78 is 29.0. The third kappa shape index (κ3) is 3.17. The van der Waals surface area contributed by atoms with Gasteiger partial charge >= 0.3 is 0 Å². The monoisotopic (exact) mass is 236 g/mol. The highest BCUT2D eigenvalue weighted by molar-refractivity contribution is 9.10. The van der Waals surface area contributed by atoms with E-state index in [0.717, 1.165) is 4.47 Å². The van der Waals surface area contributed by atoms with Gasteiger partial charge in [-0.05, 0) is 18.2 Å². The Labute approximate surface area is 77.5 Å². The molecule has 0 heterocycles. The second-order valence-electron chi connectivity index (χ2n) is 2.16. The van der Waals surface area contributed by atoms with Crippen LogP contribution in [0.25, 0.3) is 0 Å². The first kappa shape index (κ1) is 9.45. The number of hydrogen-bond acceptors (Lipinski definition) is 1. The predicted molar refractivity (Wildman–Crippen MR) is 45.6 cm³/mol. The van der Waals surface area contributed by atoms with E-state index >= 15 is 0 Å². The van der Waals surface area contributed by atoms with Crippen molar-refractivity contribution in [1.29, 1.82) is 0 Å². The summed E-state index contributed by atoms with van der Waals surface area (Å²) in [5, 5.41) is 0. The fourth-order valence-electron chi connectivity index (χ4n) is 0.716. The van der Waals surface area contributed by atoms with Gasteiger partial charge in [-0.2, -0.15) is 0 Å². The molecule has 0 saturated heterocycles. The molecular weight excluding hydrogens is 230 g/mol. The molecule has 0 bridgehead atoms. The summed E-state index contributed by atoms with van der Waals surface area (Å²) in [5.74, 6) is 0.449. The first-order valence-corrected chi connectivity index (χ1v) is 4.14. The van der Waals surface area contributed by atoms with Gasteiger partial charge in [-0.15, -0.1) is 0 Å². The quantitative estimate of drug-likeness (QED) is 0.784. The fourth-order valence-corrected chi connectivity index (χ4v) is 1.09. The molecule has 0 aromatic heterocycles. The average Bonchev–Trinajstić information content (AvgIpc) is 2.01. The van der Waals surface area contributed by atoms with Gasteiger partial charge in [0.2, 0.25) is 0 Å². The highest BCUT2D eigenvalue weighted by atomic mass is 79.9. The van der Waals surface area contributed by atoms with Crippen molar-refractivity contribution in [1.82, 2.24) is 0 Å². The molecule has 0 aliphatic rings. The fraction of sp³-hybridized carbons (Fsp3) is 0.250. The van der Waals surface area contributed by atoms with Crippen molar-refractivity contribution < 1.29 is 13.5 Å². The van der Waals surface area contributed by atoms with Gasteiger partial charge in [-0.25, -0.2) is 8.78 Å². The Morgan fingerprint density at radius 1 is 1.42 bits per heavy atom. The van der Waals surface area contributed by atoms with Crippen LogP contribution in [0.3, 0.4) is 0 Å². The van der Waals surface area contributed by atoms with Crippen LogP contribution < -0.4 is 4.74 Å². The van der Waals surface area contributed by atoms with Crippen LogP contribution in [0.1, 0.15) is 0 Å². The molecule has 0 aliphatic heterocycles. The molecule has 12 heavy (non-hydrogen) atoms. The standard InChI is InChI=1S/C8H7BrF2O/c9-6-2-1-3-7(4-6)12-5-8(10)11/h1-4,8H,5H2. The van der Waals surface area contributed by atoms with Crippen molar-refractivity contribution in [2.45, 2.75) is 6.43 Å². The average molecular weight is 237 g/mol. The lowest BCUT2D eigenvalue weighted by atomic mass is 10.3. The lowest BCUT2D eigenvalue weighted by Crippen LogP contribution is -2.06. The maximum atomic E-state index is 11.7. The van der Waals surface area contributed by atoms with E-state index in [0.29, 0.717) is 5.75 Å². The lowest BCUT2D eigenvalue weighted by molar-refractivity contribution is 0.0819. The molecule has 1 rings (SSSR count). The van der Waals surface area contributed by atoms with Crippen LogP contribution in [0.15, 0.2) is 28.7 Å². The summed E-state index contributed by atoms with van der Waals surface area (Å²) in [4.78, 5) is 0. The molecule has 0 amide bonds. The van der Waals surface area contributed by atoms with Gasteiger partial charge in [0.25, 0.3) is 6.43 Å². The van der Waals surface area contributed by atoms with Crippen LogP contribution in [0.2, 0.25) is 0 Å². The zero-order valence-electron chi connectivity index (χ0n) is 6.14. The normalized spacial score (nSPS) is 10.3. The van der Waals surface area contributed by atoms with Gasteiger partial charge in [-0.1, -0.05) is 22.0 Å². The minimum Gasteiger partial charge on any atom is -0.488 e. The van der Waals surface area contributed by atoms with Crippen molar-refractivity contribution in [2.75, 3.05) is 6.61 Å². The van der Waals surface area contributed by atoms with Crippen LogP contribution in [0.5, 0.6) is 5.75 Å². The van der Waals surface area contributed by atoms with Gasteiger partial charge in [0.05, 0.1) is 0 Å². The Balaban J connectivity index is 2.52. The summed E-state index contributed by atoms with van der Waals surface area (Å²) >= 11 is 3.20. The number of rotatable bonds is 3. The van der Waals surface area contributed by atoms with Crippen molar-refractivity contribution in [3.63, 3.8) is 0 Å². The molecule has 66 valence electrons. The zero-order chi connectivity index (χ0) is 8.97.